The van der Waals surface area contributed by atoms with Crippen LogP contribution in [0.15, 0.2) is 54.6 Å². The lowest BCUT2D eigenvalue weighted by molar-refractivity contribution is 0.0934. The Kier molecular flexibility index (Phi) is 5.31. The van der Waals surface area contributed by atoms with Gasteiger partial charge in [0.1, 0.15) is 11.9 Å². The van der Waals surface area contributed by atoms with E-state index in [1.807, 2.05) is 0 Å². The van der Waals surface area contributed by atoms with Gasteiger partial charge in [0.05, 0.1) is 0 Å². The quantitative estimate of drug-likeness (QED) is 0.842. The number of likely N-dealkylation sites (N-methyl/N-ethyl adjacent to an activating group) is 1. The minimum Gasteiger partial charge on any atom is -0.484 e. The summed E-state index contributed by atoms with van der Waals surface area (Å²) in [6.07, 6.45) is 0.0716. The van der Waals surface area contributed by atoms with Crippen molar-refractivity contribution in [1.29, 1.82) is 0 Å². The van der Waals surface area contributed by atoms with Gasteiger partial charge in [0.25, 0.3) is 0 Å². The summed E-state index contributed by atoms with van der Waals surface area (Å²) in [6, 6.07) is 18.9. The van der Waals surface area contributed by atoms with Gasteiger partial charge in [-0.1, -0.05) is 48.0 Å². The van der Waals surface area contributed by atoms with Crippen molar-refractivity contribution in [3.05, 3.63) is 65.7 Å². The molecule has 1 unspecified atom stereocenters. The summed E-state index contributed by atoms with van der Waals surface area (Å²) in [5, 5.41) is 0. The van der Waals surface area contributed by atoms with Crippen molar-refractivity contribution in [3.8, 4) is 5.75 Å². The highest BCUT2D eigenvalue weighted by atomic mass is 16.5. The first-order valence-electron chi connectivity index (χ1n) is 8.40. The van der Waals surface area contributed by atoms with Crippen LogP contribution in [0.5, 0.6) is 5.75 Å². The zero-order chi connectivity index (χ0) is 16.1. The molecule has 2 aromatic carbocycles. The third-order valence-electron chi connectivity index (χ3n) is 4.49. The first-order chi connectivity index (χ1) is 11.2. The summed E-state index contributed by atoms with van der Waals surface area (Å²) in [7, 11) is 2.19. The van der Waals surface area contributed by atoms with Crippen LogP contribution < -0.4 is 4.74 Å². The van der Waals surface area contributed by atoms with E-state index in [2.05, 4.69) is 78.4 Å². The third kappa shape index (κ3) is 4.57. The second kappa shape index (κ2) is 7.62. The molecule has 0 spiro atoms. The number of benzene rings is 2. The van der Waals surface area contributed by atoms with E-state index in [-0.39, 0.29) is 6.10 Å². The average Bonchev–Trinajstić information content (AvgIpc) is 2.59. The van der Waals surface area contributed by atoms with Gasteiger partial charge in [0.2, 0.25) is 0 Å². The zero-order valence-corrected chi connectivity index (χ0v) is 14.1. The van der Waals surface area contributed by atoms with Crippen molar-refractivity contribution in [3.63, 3.8) is 0 Å². The van der Waals surface area contributed by atoms with E-state index in [1.165, 1.54) is 11.1 Å². The lowest BCUT2D eigenvalue weighted by Crippen LogP contribution is -2.46. The van der Waals surface area contributed by atoms with Crippen LogP contribution in [0, 0.1) is 6.92 Å². The fraction of sp³-hybridized carbons (Fsp3) is 0.400. The molecule has 0 aliphatic carbocycles. The van der Waals surface area contributed by atoms with Crippen LogP contribution in [0.2, 0.25) is 0 Å². The topological polar surface area (TPSA) is 15.7 Å². The molecule has 1 atom stereocenters. The minimum absolute atomic E-state index is 0.0716. The monoisotopic (exact) mass is 310 g/mol. The number of aryl methyl sites for hydroxylation is 1. The number of nitrogens with zero attached hydrogens (tertiary/aromatic N) is 2. The molecule has 3 nitrogen and oxygen atoms in total. The van der Waals surface area contributed by atoms with E-state index in [9.17, 15) is 0 Å². The van der Waals surface area contributed by atoms with Gasteiger partial charge >= 0.3 is 0 Å². The SMILES string of the molecule is Cc1ccc(OC(CN2CCN(C)CC2)c2ccccc2)cc1. The number of ether oxygens (including phenoxy) is 1. The van der Waals surface area contributed by atoms with Gasteiger partial charge in [0, 0.05) is 32.7 Å². The van der Waals surface area contributed by atoms with Gasteiger partial charge in [-0.25, -0.2) is 0 Å². The van der Waals surface area contributed by atoms with Crippen LogP contribution in [-0.2, 0) is 0 Å². The maximum atomic E-state index is 6.33. The number of hydrogen-bond donors (Lipinski definition) is 0. The molecule has 1 fully saturated rings. The van der Waals surface area contributed by atoms with Crippen molar-refractivity contribution in [1.82, 2.24) is 9.80 Å². The number of piperazine rings is 1. The zero-order valence-electron chi connectivity index (χ0n) is 14.1. The van der Waals surface area contributed by atoms with E-state index < -0.39 is 0 Å². The molecule has 23 heavy (non-hydrogen) atoms. The van der Waals surface area contributed by atoms with Crippen LogP contribution >= 0.6 is 0 Å². The van der Waals surface area contributed by atoms with Crippen molar-refractivity contribution in [2.45, 2.75) is 13.0 Å². The minimum atomic E-state index is 0.0716. The van der Waals surface area contributed by atoms with Crippen LogP contribution in [0.3, 0.4) is 0 Å². The van der Waals surface area contributed by atoms with Crippen molar-refractivity contribution >= 4 is 0 Å². The molecular formula is C20H26N2O. The molecular weight excluding hydrogens is 284 g/mol. The summed E-state index contributed by atoms with van der Waals surface area (Å²) in [5.74, 6) is 0.943. The Morgan fingerprint density at radius 1 is 0.913 bits per heavy atom. The number of hydrogen-bond acceptors (Lipinski definition) is 3. The smallest absolute Gasteiger partial charge is 0.136 e. The summed E-state index contributed by atoms with van der Waals surface area (Å²) in [5.41, 5.74) is 2.50. The van der Waals surface area contributed by atoms with Gasteiger partial charge in [0.15, 0.2) is 0 Å². The fourth-order valence-electron chi connectivity index (χ4n) is 2.92. The first kappa shape index (κ1) is 16.0. The van der Waals surface area contributed by atoms with Gasteiger partial charge in [-0.2, -0.15) is 0 Å². The van der Waals surface area contributed by atoms with E-state index in [1.54, 1.807) is 0 Å². The predicted molar refractivity (Wildman–Crippen MR) is 94.9 cm³/mol. The molecule has 1 saturated heterocycles. The molecule has 0 aromatic heterocycles. The normalized spacial score (nSPS) is 17.8. The molecule has 0 radical (unpaired) electrons. The van der Waals surface area contributed by atoms with Gasteiger partial charge in [-0.05, 0) is 31.7 Å². The molecule has 0 N–H and O–H groups in total. The Bertz CT molecular complexity index is 589. The van der Waals surface area contributed by atoms with Crippen molar-refractivity contribution < 1.29 is 4.74 Å². The molecule has 122 valence electrons. The predicted octanol–water partition coefficient (Wildman–Crippen LogP) is 3.36. The van der Waals surface area contributed by atoms with E-state index in [0.717, 1.165) is 38.5 Å². The second-order valence-electron chi connectivity index (χ2n) is 6.43. The summed E-state index contributed by atoms with van der Waals surface area (Å²) >= 11 is 0. The molecule has 3 rings (SSSR count). The highest BCUT2D eigenvalue weighted by molar-refractivity contribution is 5.28. The second-order valence-corrected chi connectivity index (χ2v) is 6.43. The van der Waals surface area contributed by atoms with Crippen LogP contribution in [0.25, 0.3) is 0 Å². The summed E-state index contributed by atoms with van der Waals surface area (Å²) in [4.78, 5) is 4.89. The Morgan fingerprint density at radius 3 is 2.22 bits per heavy atom. The fourth-order valence-corrected chi connectivity index (χ4v) is 2.92. The van der Waals surface area contributed by atoms with Crippen molar-refractivity contribution in [2.75, 3.05) is 39.8 Å². The summed E-state index contributed by atoms with van der Waals surface area (Å²) < 4.78 is 6.33. The van der Waals surface area contributed by atoms with Crippen LogP contribution in [0.4, 0.5) is 0 Å². The molecule has 0 bridgehead atoms. The summed E-state index contributed by atoms with van der Waals surface area (Å²) in [6.45, 7) is 7.51. The van der Waals surface area contributed by atoms with E-state index in [0.29, 0.717) is 0 Å². The molecule has 0 amide bonds. The Hall–Kier alpha value is -1.84. The maximum Gasteiger partial charge on any atom is 0.136 e. The molecule has 0 saturated carbocycles. The lowest BCUT2D eigenvalue weighted by atomic mass is 10.1. The Morgan fingerprint density at radius 2 is 1.57 bits per heavy atom. The lowest BCUT2D eigenvalue weighted by Gasteiger charge is -2.34. The molecule has 1 heterocycles. The maximum absolute atomic E-state index is 6.33. The highest BCUT2D eigenvalue weighted by Crippen LogP contribution is 2.23. The molecule has 2 aromatic rings. The first-order valence-corrected chi connectivity index (χ1v) is 8.40. The van der Waals surface area contributed by atoms with Gasteiger partial charge in [-0.3, -0.25) is 4.90 Å². The Balaban J connectivity index is 1.72. The van der Waals surface area contributed by atoms with E-state index in [4.69, 9.17) is 4.74 Å². The van der Waals surface area contributed by atoms with Gasteiger partial charge < -0.3 is 9.64 Å². The average molecular weight is 310 g/mol. The molecule has 1 aliphatic rings. The molecule has 1 aliphatic heterocycles. The number of rotatable bonds is 5. The molecule has 3 heteroatoms. The highest BCUT2D eigenvalue weighted by Gasteiger charge is 2.21. The largest absolute Gasteiger partial charge is 0.484 e. The third-order valence-corrected chi connectivity index (χ3v) is 4.49. The van der Waals surface area contributed by atoms with Crippen molar-refractivity contribution in [2.24, 2.45) is 0 Å². The Labute approximate surface area is 139 Å². The standard InChI is InChI=1S/C20H26N2O/c1-17-8-10-19(11-9-17)23-20(18-6-4-3-5-7-18)16-22-14-12-21(2)13-15-22/h3-11,20H,12-16H2,1-2H3. The van der Waals surface area contributed by atoms with Crippen LogP contribution in [0.1, 0.15) is 17.2 Å². The van der Waals surface area contributed by atoms with Gasteiger partial charge in [-0.15, -0.1) is 0 Å². The van der Waals surface area contributed by atoms with Crippen LogP contribution in [-0.4, -0.2) is 49.6 Å². The van der Waals surface area contributed by atoms with E-state index >= 15 is 0 Å².